The topological polar surface area (TPSA) is 8.81 Å². The maximum Gasteiger partial charge on any atom is 0.295 e. The van der Waals surface area contributed by atoms with Crippen LogP contribution in [0.5, 0.6) is 0 Å². The molecule has 0 aliphatic carbocycles. The summed E-state index contributed by atoms with van der Waals surface area (Å²) in [5, 5.41) is 0. The van der Waals surface area contributed by atoms with E-state index in [2.05, 4.69) is 157 Å². The lowest BCUT2D eigenvalue weighted by molar-refractivity contribution is -0.633. The van der Waals surface area contributed by atoms with Crippen molar-refractivity contribution in [2.45, 2.75) is 79.6 Å². The minimum absolute atomic E-state index is 0.0756. The Balaban J connectivity index is 1.97. The van der Waals surface area contributed by atoms with E-state index in [1.807, 2.05) is 0 Å². The zero-order valence-electron chi connectivity index (χ0n) is 26.1. The van der Waals surface area contributed by atoms with Crippen molar-refractivity contribution in [1.29, 1.82) is 0 Å². The van der Waals surface area contributed by atoms with Crippen LogP contribution < -0.4 is 4.57 Å². The van der Waals surface area contributed by atoms with E-state index < -0.39 is 0 Å². The molecule has 4 aromatic carbocycles. The fourth-order valence-corrected chi connectivity index (χ4v) is 5.95. The summed E-state index contributed by atoms with van der Waals surface area (Å²) in [4.78, 5) is 0. The first-order valence-corrected chi connectivity index (χ1v) is 14.7. The average molecular weight is 530 g/mol. The second kappa shape index (κ2) is 10.4. The Morgan fingerprint density at radius 1 is 0.700 bits per heavy atom. The first-order chi connectivity index (χ1) is 18.9. The molecule has 0 spiro atoms. The Bertz CT molecular complexity index is 1660. The quantitative estimate of drug-likeness (QED) is 0.200. The van der Waals surface area contributed by atoms with Gasteiger partial charge in [-0.2, -0.15) is 4.57 Å². The molecule has 0 radical (unpaired) electrons. The van der Waals surface area contributed by atoms with Gasteiger partial charge in [-0.3, -0.25) is 0 Å². The third-order valence-electron chi connectivity index (χ3n) is 8.35. The molecule has 0 bridgehead atoms. The highest BCUT2D eigenvalue weighted by Gasteiger charge is 2.32. The molecule has 2 nitrogen and oxygen atoms in total. The number of benzene rings is 4. The zero-order valence-corrected chi connectivity index (χ0v) is 26.1. The molecule has 5 aromatic rings. The number of aromatic nitrogens is 2. The van der Waals surface area contributed by atoms with E-state index in [-0.39, 0.29) is 5.41 Å². The zero-order chi connectivity index (χ0) is 28.9. The van der Waals surface area contributed by atoms with Gasteiger partial charge in [0.05, 0.1) is 12.6 Å². The monoisotopic (exact) mass is 529 g/mol. The van der Waals surface area contributed by atoms with Gasteiger partial charge in [-0.1, -0.05) is 103 Å². The molecule has 1 aromatic heterocycles. The summed E-state index contributed by atoms with van der Waals surface area (Å²) in [6.45, 7) is 20.7. The average Bonchev–Trinajstić information content (AvgIpc) is 3.20. The number of imidazole rings is 1. The molecule has 0 N–H and O–H groups in total. The number of fused-ring (bicyclic) bond motifs is 1. The third-order valence-corrected chi connectivity index (χ3v) is 8.35. The van der Waals surface area contributed by atoms with E-state index >= 15 is 0 Å². The summed E-state index contributed by atoms with van der Waals surface area (Å²) in [6, 6.07) is 29.6. The van der Waals surface area contributed by atoms with Crippen LogP contribution in [0.15, 0.2) is 78.9 Å². The van der Waals surface area contributed by atoms with Crippen molar-refractivity contribution < 1.29 is 4.57 Å². The summed E-state index contributed by atoms with van der Waals surface area (Å²) >= 11 is 0. The lowest BCUT2D eigenvalue weighted by Crippen LogP contribution is -2.31. The SMILES string of the molecule is Cc1ccc(C)c(-c2n(-c3c(C(C)C)cc(-c4ccccc4)cc3C(C)C)c3ccc(C(C)(C)C)cc3[n+]2C)c1. The van der Waals surface area contributed by atoms with Gasteiger partial charge >= 0.3 is 0 Å². The van der Waals surface area contributed by atoms with Crippen LogP contribution >= 0.6 is 0 Å². The second-order valence-electron chi connectivity index (χ2n) is 13.2. The Labute approximate surface area is 241 Å². The van der Waals surface area contributed by atoms with Crippen molar-refractivity contribution in [1.82, 2.24) is 4.57 Å². The fourth-order valence-electron chi connectivity index (χ4n) is 5.95. The highest BCUT2D eigenvalue weighted by atomic mass is 15.2. The number of nitrogens with zero attached hydrogens (tertiary/aromatic N) is 2. The van der Waals surface area contributed by atoms with Crippen LogP contribution in [0.1, 0.15) is 88.1 Å². The molecular formula is C38H45N2+. The van der Waals surface area contributed by atoms with E-state index in [0.717, 1.165) is 0 Å². The Kier molecular flexibility index (Phi) is 7.25. The van der Waals surface area contributed by atoms with E-state index in [1.54, 1.807) is 0 Å². The Hall–Kier alpha value is -3.65. The number of rotatable bonds is 5. The lowest BCUT2D eigenvalue weighted by Gasteiger charge is -2.21. The molecule has 1 heterocycles. The highest BCUT2D eigenvalue weighted by Crippen LogP contribution is 2.40. The summed E-state index contributed by atoms with van der Waals surface area (Å²) in [5.41, 5.74) is 14.5. The van der Waals surface area contributed by atoms with Gasteiger partial charge < -0.3 is 0 Å². The molecule has 0 aliphatic rings. The van der Waals surface area contributed by atoms with Gasteiger partial charge in [0, 0.05) is 11.1 Å². The summed E-state index contributed by atoms with van der Waals surface area (Å²) in [5.74, 6) is 1.96. The van der Waals surface area contributed by atoms with Crippen molar-refractivity contribution in [3.63, 3.8) is 0 Å². The van der Waals surface area contributed by atoms with Crippen LogP contribution in [-0.4, -0.2) is 4.57 Å². The largest absolute Gasteiger partial charge is 0.295 e. The van der Waals surface area contributed by atoms with Crippen LogP contribution in [0.25, 0.3) is 39.2 Å². The van der Waals surface area contributed by atoms with Crippen LogP contribution in [0.2, 0.25) is 0 Å². The van der Waals surface area contributed by atoms with Crippen molar-refractivity contribution in [2.24, 2.45) is 7.05 Å². The Morgan fingerprint density at radius 3 is 1.90 bits per heavy atom. The standard InChI is InChI=1S/C38H45N2/c1-24(2)31-21-29(28-14-12-11-13-15-28)22-32(25(3)4)36(31)40-34-19-18-30(38(7,8)9)23-35(34)39(10)37(40)33-20-26(5)16-17-27(33)6/h11-25H,1-10H3/q+1. The summed E-state index contributed by atoms with van der Waals surface area (Å²) in [6.07, 6.45) is 0. The van der Waals surface area contributed by atoms with E-state index in [9.17, 15) is 0 Å². The molecule has 0 fully saturated rings. The Morgan fingerprint density at radius 2 is 1.32 bits per heavy atom. The minimum atomic E-state index is 0.0756. The molecule has 0 unspecified atom stereocenters. The fraction of sp³-hybridized carbons (Fsp3) is 0.342. The molecule has 206 valence electrons. The normalized spacial score (nSPS) is 12.2. The van der Waals surface area contributed by atoms with Crippen LogP contribution in [0, 0.1) is 13.8 Å². The molecule has 5 rings (SSSR count). The maximum atomic E-state index is 2.57. The predicted molar refractivity (Wildman–Crippen MR) is 172 cm³/mol. The molecule has 0 saturated heterocycles. The molecule has 0 atom stereocenters. The lowest BCUT2D eigenvalue weighted by atomic mass is 9.86. The number of hydrogen-bond donors (Lipinski definition) is 0. The minimum Gasteiger partial charge on any atom is -0.225 e. The van der Waals surface area contributed by atoms with E-state index in [4.69, 9.17) is 0 Å². The first kappa shape index (κ1) is 27.9. The van der Waals surface area contributed by atoms with Gasteiger partial charge in [-0.15, -0.1) is 0 Å². The van der Waals surface area contributed by atoms with Gasteiger partial charge in [0.15, 0.2) is 11.0 Å². The van der Waals surface area contributed by atoms with Crippen molar-refractivity contribution in [2.75, 3.05) is 0 Å². The number of hydrogen-bond acceptors (Lipinski definition) is 0. The third kappa shape index (κ3) is 4.89. The molecule has 2 heteroatoms. The maximum absolute atomic E-state index is 2.57. The molecule has 0 aliphatic heterocycles. The van der Waals surface area contributed by atoms with Gasteiger partial charge in [0.25, 0.3) is 5.82 Å². The highest BCUT2D eigenvalue weighted by molar-refractivity contribution is 5.83. The van der Waals surface area contributed by atoms with Crippen molar-refractivity contribution >= 4 is 11.0 Å². The first-order valence-electron chi connectivity index (χ1n) is 14.7. The van der Waals surface area contributed by atoms with Crippen LogP contribution in [0.4, 0.5) is 0 Å². The summed E-state index contributed by atoms with van der Waals surface area (Å²) in [7, 11) is 2.24. The molecule has 0 saturated carbocycles. The molecule has 0 amide bonds. The summed E-state index contributed by atoms with van der Waals surface area (Å²) < 4.78 is 4.99. The van der Waals surface area contributed by atoms with Crippen molar-refractivity contribution in [3.05, 3.63) is 107 Å². The molecular weight excluding hydrogens is 484 g/mol. The van der Waals surface area contributed by atoms with E-state index in [0.29, 0.717) is 11.8 Å². The molecule has 40 heavy (non-hydrogen) atoms. The van der Waals surface area contributed by atoms with Gasteiger partial charge in [-0.25, -0.2) is 4.57 Å². The predicted octanol–water partition coefficient (Wildman–Crippen LogP) is 9.95. The van der Waals surface area contributed by atoms with Crippen LogP contribution in [-0.2, 0) is 12.5 Å². The number of aryl methyl sites for hydroxylation is 3. The smallest absolute Gasteiger partial charge is 0.225 e. The van der Waals surface area contributed by atoms with Crippen LogP contribution in [0.3, 0.4) is 0 Å². The van der Waals surface area contributed by atoms with Crippen molar-refractivity contribution in [3.8, 4) is 28.2 Å². The van der Waals surface area contributed by atoms with E-state index in [1.165, 1.54) is 67.1 Å². The second-order valence-corrected chi connectivity index (χ2v) is 13.2. The van der Waals surface area contributed by atoms with Gasteiger partial charge in [0.1, 0.15) is 5.69 Å². The van der Waals surface area contributed by atoms with Gasteiger partial charge in [0.2, 0.25) is 0 Å². The van der Waals surface area contributed by atoms with Gasteiger partial charge in [-0.05, 0) is 83.7 Å².